The molecule has 0 saturated heterocycles. The van der Waals surface area contributed by atoms with Crippen LogP contribution in [-0.2, 0) is 0 Å². The summed E-state index contributed by atoms with van der Waals surface area (Å²) in [6.07, 6.45) is 0. The molecule has 0 aliphatic carbocycles. The summed E-state index contributed by atoms with van der Waals surface area (Å²) in [7, 11) is 0. The Morgan fingerprint density at radius 2 is 1.76 bits per heavy atom. The molecule has 21 heavy (non-hydrogen) atoms. The Morgan fingerprint density at radius 1 is 1.10 bits per heavy atom. The van der Waals surface area contributed by atoms with Gasteiger partial charge in [-0.25, -0.2) is 13.2 Å². The van der Waals surface area contributed by atoms with Gasteiger partial charge in [-0.3, -0.25) is 4.79 Å². The number of carbonyl (C=O) groups excluding carboxylic acids is 1. The third-order valence-corrected chi connectivity index (χ3v) is 3.19. The number of benzene rings is 2. The van der Waals surface area contributed by atoms with Crippen molar-refractivity contribution in [1.29, 1.82) is 5.26 Å². The van der Waals surface area contributed by atoms with Crippen molar-refractivity contribution < 1.29 is 18.0 Å². The molecule has 0 bridgehead atoms. The molecule has 2 aromatic rings. The number of halogens is 3. The van der Waals surface area contributed by atoms with E-state index in [1.54, 1.807) is 37.3 Å². The van der Waals surface area contributed by atoms with E-state index in [0.29, 0.717) is 17.2 Å². The third-order valence-electron chi connectivity index (χ3n) is 3.19. The molecule has 5 heteroatoms. The van der Waals surface area contributed by atoms with Crippen LogP contribution in [0.25, 0.3) is 0 Å². The number of Topliss-reactive ketones (excluding diaryl/α,β-unsaturated/α-hetero) is 1. The first-order chi connectivity index (χ1) is 9.97. The van der Waals surface area contributed by atoms with E-state index in [9.17, 15) is 23.2 Å². The highest BCUT2D eigenvalue weighted by molar-refractivity contribution is 6.03. The van der Waals surface area contributed by atoms with Gasteiger partial charge in [0, 0.05) is 0 Å². The predicted molar refractivity (Wildman–Crippen MR) is 70.2 cm³/mol. The van der Waals surface area contributed by atoms with Crippen molar-refractivity contribution in [1.82, 2.24) is 0 Å². The van der Waals surface area contributed by atoms with Crippen molar-refractivity contribution in [3.8, 4) is 6.07 Å². The average Bonchev–Trinajstić information content (AvgIpc) is 2.47. The lowest BCUT2D eigenvalue weighted by Crippen LogP contribution is -2.15. The number of hydrogen-bond donors (Lipinski definition) is 0. The van der Waals surface area contributed by atoms with Crippen molar-refractivity contribution in [2.24, 2.45) is 0 Å². The molecule has 2 rings (SSSR count). The van der Waals surface area contributed by atoms with E-state index in [2.05, 4.69) is 0 Å². The van der Waals surface area contributed by atoms with Gasteiger partial charge in [-0.15, -0.1) is 0 Å². The normalized spacial score (nSPS) is 11.8. The fraction of sp³-hybridized carbons (Fsp3) is 0.125. The molecule has 2 nitrogen and oxygen atoms in total. The third kappa shape index (κ3) is 2.65. The quantitative estimate of drug-likeness (QED) is 0.635. The van der Waals surface area contributed by atoms with Crippen molar-refractivity contribution in [3.05, 3.63) is 70.5 Å². The topological polar surface area (TPSA) is 40.9 Å². The molecule has 0 heterocycles. The summed E-state index contributed by atoms with van der Waals surface area (Å²) in [5, 5.41) is 9.19. The Kier molecular flexibility index (Phi) is 4.08. The maximum atomic E-state index is 13.7. The van der Waals surface area contributed by atoms with Gasteiger partial charge in [0.15, 0.2) is 23.2 Å². The molecular weight excluding hydrogens is 279 g/mol. The second kappa shape index (κ2) is 5.80. The largest absolute Gasteiger partial charge is 0.292 e. The summed E-state index contributed by atoms with van der Waals surface area (Å²) in [5.41, 5.74) is 0.457. The molecule has 0 amide bonds. The van der Waals surface area contributed by atoms with Gasteiger partial charge in [0.1, 0.15) is 5.92 Å². The maximum Gasteiger partial charge on any atom is 0.195 e. The van der Waals surface area contributed by atoms with E-state index >= 15 is 0 Å². The Labute approximate surface area is 119 Å². The second-order valence-corrected chi connectivity index (χ2v) is 4.51. The number of aryl methyl sites for hydroxylation is 1. The molecule has 0 aromatic heterocycles. The van der Waals surface area contributed by atoms with Gasteiger partial charge >= 0.3 is 0 Å². The molecule has 0 aliphatic rings. The zero-order valence-electron chi connectivity index (χ0n) is 11.0. The molecule has 0 radical (unpaired) electrons. The fourth-order valence-electron chi connectivity index (χ4n) is 2.05. The number of ketones is 1. The van der Waals surface area contributed by atoms with E-state index in [4.69, 9.17) is 0 Å². The van der Waals surface area contributed by atoms with Crippen LogP contribution >= 0.6 is 0 Å². The van der Waals surface area contributed by atoms with Gasteiger partial charge in [0.25, 0.3) is 0 Å². The van der Waals surface area contributed by atoms with Crippen LogP contribution in [0, 0.1) is 35.7 Å². The highest BCUT2D eigenvalue weighted by Gasteiger charge is 2.27. The molecule has 2 aromatic carbocycles. The average molecular weight is 289 g/mol. The first-order valence-electron chi connectivity index (χ1n) is 6.10. The molecule has 0 spiro atoms. The Morgan fingerprint density at radius 3 is 2.38 bits per heavy atom. The molecule has 1 unspecified atom stereocenters. The van der Waals surface area contributed by atoms with Crippen LogP contribution in [0.15, 0.2) is 36.4 Å². The zero-order chi connectivity index (χ0) is 15.6. The van der Waals surface area contributed by atoms with Crippen molar-refractivity contribution in [2.75, 3.05) is 0 Å². The Hall–Kier alpha value is -2.61. The van der Waals surface area contributed by atoms with E-state index in [0.717, 1.165) is 6.07 Å². The number of rotatable bonds is 3. The highest BCUT2D eigenvalue weighted by Crippen LogP contribution is 2.26. The van der Waals surface area contributed by atoms with Gasteiger partial charge in [-0.1, -0.05) is 24.3 Å². The van der Waals surface area contributed by atoms with Crippen molar-refractivity contribution in [3.63, 3.8) is 0 Å². The lowest BCUT2D eigenvalue weighted by molar-refractivity contribution is 0.0973. The Balaban J connectivity index is 2.51. The monoisotopic (exact) mass is 289 g/mol. The molecule has 1 atom stereocenters. The van der Waals surface area contributed by atoms with Crippen molar-refractivity contribution in [2.45, 2.75) is 12.8 Å². The SMILES string of the molecule is Cc1ccccc1C(C#N)C(=O)c1ccc(F)c(F)c1F. The molecule has 0 saturated carbocycles. The van der Waals surface area contributed by atoms with Crippen LogP contribution in [0.4, 0.5) is 13.2 Å². The van der Waals surface area contributed by atoms with E-state index in [-0.39, 0.29) is 0 Å². The second-order valence-electron chi connectivity index (χ2n) is 4.51. The minimum atomic E-state index is -1.72. The summed E-state index contributed by atoms with van der Waals surface area (Å²) >= 11 is 0. The molecule has 0 N–H and O–H groups in total. The van der Waals surface area contributed by atoms with E-state index in [1.807, 2.05) is 0 Å². The van der Waals surface area contributed by atoms with Crippen LogP contribution in [0.5, 0.6) is 0 Å². The van der Waals surface area contributed by atoms with Crippen LogP contribution in [0.2, 0.25) is 0 Å². The molecule has 106 valence electrons. The number of nitrogens with zero attached hydrogens (tertiary/aromatic N) is 1. The smallest absolute Gasteiger partial charge is 0.195 e. The van der Waals surface area contributed by atoms with Crippen LogP contribution in [0.1, 0.15) is 27.4 Å². The zero-order valence-corrected chi connectivity index (χ0v) is 11.0. The first kappa shape index (κ1) is 14.8. The summed E-state index contributed by atoms with van der Waals surface area (Å²) < 4.78 is 39.8. The van der Waals surface area contributed by atoms with Crippen molar-refractivity contribution >= 4 is 5.78 Å². The first-order valence-corrected chi connectivity index (χ1v) is 6.10. The summed E-state index contributed by atoms with van der Waals surface area (Å²) in [5.74, 6) is -6.85. The van der Waals surface area contributed by atoms with Crippen LogP contribution in [0.3, 0.4) is 0 Å². The van der Waals surface area contributed by atoms with Gasteiger partial charge in [0.05, 0.1) is 11.6 Å². The van der Waals surface area contributed by atoms with Crippen LogP contribution in [-0.4, -0.2) is 5.78 Å². The predicted octanol–water partition coefficient (Wildman–Crippen LogP) is 3.90. The van der Waals surface area contributed by atoms with Gasteiger partial charge < -0.3 is 0 Å². The maximum absolute atomic E-state index is 13.7. The highest BCUT2D eigenvalue weighted by atomic mass is 19.2. The summed E-state index contributed by atoms with van der Waals surface area (Å²) in [6, 6.07) is 9.94. The fourth-order valence-corrected chi connectivity index (χ4v) is 2.05. The molecular formula is C16H10F3NO. The lowest BCUT2D eigenvalue weighted by Gasteiger charge is -2.12. The van der Waals surface area contributed by atoms with Gasteiger partial charge in [0.2, 0.25) is 0 Å². The Bertz CT molecular complexity index is 750. The minimum absolute atomic E-state index is 0.411. The lowest BCUT2D eigenvalue weighted by atomic mass is 9.89. The number of hydrogen-bond acceptors (Lipinski definition) is 2. The summed E-state index contributed by atoms with van der Waals surface area (Å²) in [6.45, 7) is 1.70. The summed E-state index contributed by atoms with van der Waals surface area (Å²) in [4.78, 5) is 12.3. The minimum Gasteiger partial charge on any atom is -0.292 e. The van der Waals surface area contributed by atoms with Gasteiger partial charge in [-0.2, -0.15) is 5.26 Å². The number of nitriles is 1. The van der Waals surface area contributed by atoms with Gasteiger partial charge in [-0.05, 0) is 30.2 Å². The molecule has 0 aliphatic heterocycles. The van der Waals surface area contributed by atoms with E-state index < -0.39 is 34.7 Å². The number of carbonyl (C=O) groups is 1. The molecule has 0 fully saturated rings. The standard InChI is InChI=1S/C16H10F3NO/c1-9-4-2-3-5-10(9)12(8-20)16(21)11-6-7-13(17)15(19)14(11)18/h2-7,12H,1H3. The van der Waals surface area contributed by atoms with E-state index in [1.165, 1.54) is 0 Å². The van der Waals surface area contributed by atoms with Crippen LogP contribution < -0.4 is 0 Å².